The van der Waals surface area contributed by atoms with Crippen molar-refractivity contribution in [1.82, 2.24) is 10.2 Å². The molecular formula is C13H20N2O2. The molecule has 0 aromatic heterocycles. The fourth-order valence-electron chi connectivity index (χ4n) is 1.53. The van der Waals surface area contributed by atoms with Crippen molar-refractivity contribution in [2.75, 3.05) is 20.6 Å². The molecule has 1 atom stereocenters. The van der Waals surface area contributed by atoms with E-state index in [9.17, 15) is 9.90 Å². The molecule has 1 rings (SSSR count). The van der Waals surface area contributed by atoms with Crippen LogP contribution in [-0.4, -0.2) is 36.6 Å². The van der Waals surface area contributed by atoms with Crippen molar-refractivity contribution in [3.05, 3.63) is 29.8 Å². The first-order valence-electron chi connectivity index (χ1n) is 5.73. The number of carbonyl (C=O) groups is 1. The van der Waals surface area contributed by atoms with Gasteiger partial charge in [0.1, 0.15) is 5.75 Å². The van der Waals surface area contributed by atoms with Gasteiger partial charge in [-0.2, -0.15) is 0 Å². The van der Waals surface area contributed by atoms with Crippen LogP contribution in [0.25, 0.3) is 0 Å². The number of phenolic OH excluding ortho intramolecular Hbond substituents is 1. The van der Waals surface area contributed by atoms with Crippen LogP contribution in [0.1, 0.15) is 24.9 Å². The molecule has 0 saturated carbocycles. The Kier molecular flexibility index (Phi) is 4.97. The molecule has 0 bridgehead atoms. The lowest BCUT2D eigenvalue weighted by Gasteiger charge is -2.15. The molecule has 0 spiro atoms. The summed E-state index contributed by atoms with van der Waals surface area (Å²) in [7, 11) is 3.50. The fourth-order valence-corrected chi connectivity index (χ4v) is 1.53. The van der Waals surface area contributed by atoms with Gasteiger partial charge >= 0.3 is 0 Å². The van der Waals surface area contributed by atoms with Crippen LogP contribution >= 0.6 is 0 Å². The van der Waals surface area contributed by atoms with Gasteiger partial charge in [0.05, 0.1) is 0 Å². The zero-order valence-electron chi connectivity index (χ0n) is 10.6. The van der Waals surface area contributed by atoms with Crippen molar-refractivity contribution >= 4 is 5.91 Å². The van der Waals surface area contributed by atoms with Crippen LogP contribution in [0.3, 0.4) is 0 Å². The van der Waals surface area contributed by atoms with Gasteiger partial charge in [-0.05, 0) is 24.6 Å². The molecule has 0 fully saturated rings. The summed E-state index contributed by atoms with van der Waals surface area (Å²) >= 11 is 0. The lowest BCUT2D eigenvalue weighted by molar-refractivity contribution is -0.128. The molecule has 2 N–H and O–H groups in total. The molecular weight excluding hydrogens is 216 g/mol. The Bertz CT molecular complexity index is 377. The van der Waals surface area contributed by atoms with E-state index < -0.39 is 0 Å². The molecule has 17 heavy (non-hydrogen) atoms. The number of phenols is 1. The summed E-state index contributed by atoms with van der Waals surface area (Å²) in [4.78, 5) is 12.9. The van der Waals surface area contributed by atoms with E-state index in [0.717, 1.165) is 5.56 Å². The van der Waals surface area contributed by atoms with Gasteiger partial charge in [0.25, 0.3) is 0 Å². The van der Waals surface area contributed by atoms with E-state index in [1.165, 1.54) is 0 Å². The number of amides is 1. The molecule has 0 aliphatic heterocycles. The second-order valence-electron chi connectivity index (χ2n) is 4.31. The summed E-state index contributed by atoms with van der Waals surface area (Å²) in [5, 5.41) is 12.6. The van der Waals surface area contributed by atoms with Gasteiger partial charge in [-0.3, -0.25) is 4.79 Å². The molecule has 0 saturated heterocycles. The molecule has 94 valence electrons. The summed E-state index contributed by atoms with van der Waals surface area (Å²) in [6, 6.07) is 7.26. The van der Waals surface area contributed by atoms with Crippen LogP contribution in [0, 0.1) is 0 Å². The summed E-state index contributed by atoms with van der Waals surface area (Å²) in [6.07, 6.45) is 0.482. The maximum atomic E-state index is 11.4. The number of hydrogen-bond donors (Lipinski definition) is 2. The van der Waals surface area contributed by atoms with Gasteiger partial charge in [-0.15, -0.1) is 0 Å². The molecule has 1 aromatic rings. The van der Waals surface area contributed by atoms with Gasteiger partial charge in [0, 0.05) is 33.1 Å². The van der Waals surface area contributed by atoms with Crippen molar-refractivity contribution < 1.29 is 9.90 Å². The topological polar surface area (TPSA) is 52.6 Å². The minimum absolute atomic E-state index is 0.112. The third-order valence-electron chi connectivity index (χ3n) is 2.66. The van der Waals surface area contributed by atoms with Crippen LogP contribution in [-0.2, 0) is 4.79 Å². The number of hydrogen-bond acceptors (Lipinski definition) is 3. The normalized spacial score (nSPS) is 12.2. The Labute approximate surface area is 102 Å². The fraction of sp³-hybridized carbons (Fsp3) is 0.462. The van der Waals surface area contributed by atoms with Crippen molar-refractivity contribution in [3.8, 4) is 5.75 Å². The zero-order valence-corrected chi connectivity index (χ0v) is 10.6. The molecule has 1 aromatic carbocycles. The Morgan fingerprint density at radius 3 is 2.76 bits per heavy atom. The third-order valence-corrected chi connectivity index (χ3v) is 2.66. The second kappa shape index (κ2) is 6.25. The maximum absolute atomic E-state index is 11.4. The molecule has 0 radical (unpaired) electrons. The second-order valence-corrected chi connectivity index (χ2v) is 4.31. The monoisotopic (exact) mass is 236 g/mol. The van der Waals surface area contributed by atoms with Gasteiger partial charge in [-0.25, -0.2) is 0 Å². The summed E-state index contributed by atoms with van der Waals surface area (Å²) in [5.41, 5.74) is 1.02. The average Bonchev–Trinajstić information content (AvgIpc) is 2.28. The molecule has 0 aliphatic carbocycles. The molecule has 1 unspecified atom stereocenters. The van der Waals surface area contributed by atoms with Crippen LogP contribution in [0.15, 0.2) is 24.3 Å². The number of nitrogens with one attached hydrogen (secondary N) is 1. The number of nitrogens with zero attached hydrogens (tertiary/aromatic N) is 1. The first kappa shape index (κ1) is 13.5. The molecule has 4 nitrogen and oxygen atoms in total. The standard InChI is InChI=1S/C13H20N2O2/c1-10(11-5-4-6-12(16)9-11)14-8-7-13(17)15(2)3/h4-6,9-10,14,16H,7-8H2,1-3H3. The van der Waals surface area contributed by atoms with Gasteiger partial charge in [0.15, 0.2) is 0 Å². The predicted molar refractivity (Wildman–Crippen MR) is 67.8 cm³/mol. The van der Waals surface area contributed by atoms with Gasteiger partial charge in [-0.1, -0.05) is 12.1 Å². The van der Waals surface area contributed by atoms with E-state index in [-0.39, 0.29) is 17.7 Å². The lowest BCUT2D eigenvalue weighted by atomic mass is 10.1. The molecule has 4 heteroatoms. The van der Waals surface area contributed by atoms with E-state index in [2.05, 4.69) is 5.32 Å². The van der Waals surface area contributed by atoms with E-state index in [4.69, 9.17) is 0 Å². The van der Waals surface area contributed by atoms with Crippen LogP contribution in [0.4, 0.5) is 0 Å². The highest BCUT2D eigenvalue weighted by Crippen LogP contribution is 2.17. The van der Waals surface area contributed by atoms with Crippen molar-refractivity contribution in [2.24, 2.45) is 0 Å². The Hall–Kier alpha value is -1.55. The number of aromatic hydroxyl groups is 1. The first-order valence-corrected chi connectivity index (χ1v) is 5.73. The van der Waals surface area contributed by atoms with E-state index in [0.29, 0.717) is 13.0 Å². The van der Waals surface area contributed by atoms with Crippen LogP contribution in [0.2, 0.25) is 0 Å². The largest absolute Gasteiger partial charge is 0.508 e. The highest BCUT2D eigenvalue weighted by molar-refractivity contribution is 5.75. The minimum atomic E-state index is 0.112. The highest BCUT2D eigenvalue weighted by Gasteiger charge is 2.07. The minimum Gasteiger partial charge on any atom is -0.508 e. The van der Waals surface area contributed by atoms with Crippen molar-refractivity contribution in [2.45, 2.75) is 19.4 Å². The van der Waals surface area contributed by atoms with Crippen molar-refractivity contribution in [3.63, 3.8) is 0 Å². The van der Waals surface area contributed by atoms with Gasteiger partial charge < -0.3 is 15.3 Å². The average molecular weight is 236 g/mol. The van der Waals surface area contributed by atoms with Crippen LogP contribution < -0.4 is 5.32 Å². The Morgan fingerprint density at radius 1 is 1.47 bits per heavy atom. The summed E-state index contributed by atoms with van der Waals surface area (Å²) in [6.45, 7) is 2.64. The molecule has 0 heterocycles. The summed E-state index contributed by atoms with van der Waals surface area (Å²) < 4.78 is 0. The first-order chi connectivity index (χ1) is 8.00. The Balaban J connectivity index is 2.40. The van der Waals surface area contributed by atoms with Crippen LogP contribution in [0.5, 0.6) is 5.75 Å². The zero-order chi connectivity index (χ0) is 12.8. The number of benzene rings is 1. The lowest BCUT2D eigenvalue weighted by Crippen LogP contribution is -2.28. The number of rotatable bonds is 5. The smallest absolute Gasteiger partial charge is 0.223 e. The molecule has 0 aliphatic rings. The Morgan fingerprint density at radius 2 is 2.18 bits per heavy atom. The SMILES string of the molecule is CC(NCCC(=O)N(C)C)c1cccc(O)c1. The molecule has 1 amide bonds. The summed E-state index contributed by atoms with van der Waals surface area (Å²) in [5.74, 6) is 0.376. The van der Waals surface area contributed by atoms with E-state index >= 15 is 0 Å². The van der Waals surface area contributed by atoms with Gasteiger partial charge in [0.2, 0.25) is 5.91 Å². The quantitative estimate of drug-likeness (QED) is 0.815. The van der Waals surface area contributed by atoms with Crippen molar-refractivity contribution in [1.29, 1.82) is 0 Å². The highest BCUT2D eigenvalue weighted by atomic mass is 16.3. The maximum Gasteiger partial charge on any atom is 0.223 e. The third kappa shape index (κ3) is 4.44. The van der Waals surface area contributed by atoms with E-state index in [1.54, 1.807) is 31.1 Å². The number of carbonyl (C=O) groups excluding carboxylic acids is 1. The predicted octanol–water partition coefficient (Wildman–Crippen LogP) is 1.52. The van der Waals surface area contributed by atoms with E-state index in [1.807, 2.05) is 19.1 Å².